The maximum Gasteiger partial charge on any atom is 0.346 e. The molecule has 5 nitrogen and oxygen atoms in total. The zero-order valence-electron chi connectivity index (χ0n) is 25.3. The maximum atomic E-state index is 16.4. The molecule has 0 amide bonds. The molecule has 0 fully saturated rings. The van der Waals surface area contributed by atoms with Crippen LogP contribution in [0.5, 0.6) is 0 Å². The van der Waals surface area contributed by atoms with Crippen LogP contribution in [0, 0.1) is 17.1 Å². The quantitative estimate of drug-likeness (QED) is 0.123. The third kappa shape index (κ3) is 5.96. The molecule has 232 valence electrons. The van der Waals surface area contributed by atoms with Gasteiger partial charge in [0, 0.05) is 22.6 Å². The predicted molar refractivity (Wildman–Crippen MR) is 194 cm³/mol. The van der Waals surface area contributed by atoms with E-state index in [0.717, 1.165) is 32.4 Å². The standard InChI is InChI=1S/C40H26FN3O2S2/c41-34-24-28(27-15-18-33(19-16-27)43(31-9-3-1-4-10-31)32-11-5-2-6-12-32)17-20-35(34)44-36(37-13-7-21-47-37)25-29(23-30(26-42)40(45)46)39(44)38-14-8-22-48-38/h1-25H,(H,45,46)/b30-23+. The Morgan fingerprint density at radius 3 is 1.85 bits per heavy atom. The molecule has 7 rings (SSSR count). The smallest absolute Gasteiger partial charge is 0.346 e. The molecule has 0 aliphatic rings. The van der Waals surface area contributed by atoms with Gasteiger partial charge in [-0.3, -0.25) is 0 Å². The molecule has 3 heterocycles. The average molecular weight is 664 g/mol. The van der Waals surface area contributed by atoms with Gasteiger partial charge in [-0.1, -0.05) is 66.7 Å². The second-order valence-corrected chi connectivity index (χ2v) is 12.7. The van der Waals surface area contributed by atoms with Crippen molar-refractivity contribution < 1.29 is 14.3 Å². The zero-order valence-corrected chi connectivity index (χ0v) is 27.0. The number of carboxylic acid groups (broad SMARTS) is 1. The van der Waals surface area contributed by atoms with E-state index in [2.05, 4.69) is 29.2 Å². The third-order valence-corrected chi connectivity index (χ3v) is 9.65. The topological polar surface area (TPSA) is 69.3 Å². The fourth-order valence-electron chi connectivity index (χ4n) is 5.73. The number of anilines is 3. The third-order valence-electron chi connectivity index (χ3n) is 7.89. The predicted octanol–water partition coefficient (Wildman–Crippen LogP) is 11.2. The van der Waals surface area contributed by atoms with E-state index in [4.69, 9.17) is 0 Å². The van der Waals surface area contributed by atoms with Crippen molar-refractivity contribution in [3.8, 4) is 44.0 Å². The van der Waals surface area contributed by atoms with E-state index < -0.39 is 17.4 Å². The summed E-state index contributed by atoms with van der Waals surface area (Å²) in [4.78, 5) is 15.7. The lowest BCUT2D eigenvalue weighted by Gasteiger charge is -2.25. The Morgan fingerprint density at radius 1 is 0.729 bits per heavy atom. The van der Waals surface area contributed by atoms with Gasteiger partial charge < -0.3 is 14.6 Å². The summed E-state index contributed by atoms with van der Waals surface area (Å²) in [5.41, 5.74) is 6.34. The molecule has 1 N–H and O–H groups in total. The molecule has 4 aromatic carbocycles. The fraction of sp³-hybridized carbons (Fsp3) is 0. The van der Waals surface area contributed by atoms with Crippen LogP contribution < -0.4 is 4.90 Å². The normalized spacial score (nSPS) is 11.3. The molecule has 0 atom stereocenters. The van der Waals surface area contributed by atoms with Crippen LogP contribution in [-0.4, -0.2) is 15.6 Å². The maximum absolute atomic E-state index is 16.4. The molecular formula is C40H26FN3O2S2. The molecule has 0 saturated carbocycles. The zero-order chi connectivity index (χ0) is 33.0. The van der Waals surface area contributed by atoms with Crippen molar-refractivity contribution in [1.29, 1.82) is 5.26 Å². The van der Waals surface area contributed by atoms with Gasteiger partial charge >= 0.3 is 5.97 Å². The van der Waals surface area contributed by atoms with Crippen molar-refractivity contribution >= 4 is 51.8 Å². The first-order chi connectivity index (χ1) is 23.5. The summed E-state index contributed by atoms with van der Waals surface area (Å²) in [6.45, 7) is 0. The Hall–Kier alpha value is -6.01. The van der Waals surface area contributed by atoms with Crippen molar-refractivity contribution in [2.24, 2.45) is 0 Å². The number of thiophene rings is 2. The van der Waals surface area contributed by atoms with Gasteiger partial charge in [0.25, 0.3) is 0 Å². The molecule has 3 aromatic heterocycles. The van der Waals surface area contributed by atoms with Gasteiger partial charge in [-0.25, -0.2) is 9.18 Å². The lowest BCUT2D eigenvalue weighted by Crippen LogP contribution is -2.09. The summed E-state index contributed by atoms with van der Waals surface area (Å²) in [5, 5.41) is 23.0. The van der Waals surface area contributed by atoms with Crippen molar-refractivity contribution in [3.63, 3.8) is 0 Å². The van der Waals surface area contributed by atoms with Crippen molar-refractivity contribution in [2.75, 3.05) is 4.90 Å². The second-order valence-electron chi connectivity index (χ2n) is 10.8. The van der Waals surface area contributed by atoms with Crippen molar-refractivity contribution in [1.82, 2.24) is 4.57 Å². The fourth-order valence-corrected chi connectivity index (χ4v) is 7.24. The number of nitriles is 1. The van der Waals surface area contributed by atoms with E-state index in [9.17, 15) is 15.2 Å². The molecule has 0 radical (unpaired) electrons. The monoisotopic (exact) mass is 663 g/mol. The molecule has 0 aliphatic heterocycles. The Balaban J connectivity index is 1.32. The molecule has 7 aromatic rings. The number of halogens is 1. The molecule has 0 unspecified atom stereocenters. The Morgan fingerprint density at radius 2 is 1.31 bits per heavy atom. The van der Waals surface area contributed by atoms with E-state index in [1.165, 1.54) is 34.8 Å². The number of aliphatic carboxylic acids is 1. The number of rotatable bonds is 9. The molecular weight excluding hydrogens is 638 g/mol. The Bertz CT molecular complexity index is 2230. The summed E-state index contributed by atoms with van der Waals surface area (Å²) in [7, 11) is 0. The van der Waals surface area contributed by atoms with E-state index in [1.54, 1.807) is 12.1 Å². The highest BCUT2D eigenvalue weighted by molar-refractivity contribution is 7.14. The number of benzene rings is 4. The highest BCUT2D eigenvalue weighted by atomic mass is 32.1. The van der Waals surface area contributed by atoms with Gasteiger partial charge in [0.2, 0.25) is 0 Å². The van der Waals surface area contributed by atoms with Gasteiger partial charge in [-0.05, 0) is 94.7 Å². The van der Waals surface area contributed by atoms with E-state index in [-0.39, 0.29) is 0 Å². The number of hydrogen-bond acceptors (Lipinski definition) is 5. The van der Waals surface area contributed by atoms with Crippen LogP contribution in [0.15, 0.2) is 150 Å². The number of hydrogen-bond donors (Lipinski definition) is 1. The Labute approximate surface area is 285 Å². The first-order valence-electron chi connectivity index (χ1n) is 15.0. The minimum atomic E-state index is -1.32. The van der Waals surface area contributed by atoms with Gasteiger partial charge in [-0.15, -0.1) is 22.7 Å². The van der Waals surface area contributed by atoms with Crippen molar-refractivity contribution in [2.45, 2.75) is 0 Å². The van der Waals surface area contributed by atoms with Crippen LogP contribution in [0.25, 0.3) is 44.0 Å². The molecule has 0 bridgehead atoms. The van der Waals surface area contributed by atoms with Crippen LogP contribution in [0.1, 0.15) is 5.56 Å². The average Bonchev–Trinajstić information content (AvgIpc) is 3.91. The number of nitrogens with zero attached hydrogens (tertiary/aromatic N) is 3. The van der Waals surface area contributed by atoms with Crippen LogP contribution in [0.4, 0.5) is 21.5 Å². The minimum Gasteiger partial charge on any atom is -0.477 e. The molecule has 0 saturated heterocycles. The summed E-state index contributed by atoms with van der Waals surface area (Å²) < 4.78 is 18.2. The van der Waals surface area contributed by atoms with E-state index >= 15 is 4.39 Å². The highest BCUT2D eigenvalue weighted by Gasteiger charge is 2.23. The second kappa shape index (κ2) is 13.4. The molecule has 48 heavy (non-hydrogen) atoms. The van der Waals surface area contributed by atoms with Crippen LogP contribution >= 0.6 is 22.7 Å². The lowest BCUT2D eigenvalue weighted by molar-refractivity contribution is -0.132. The largest absolute Gasteiger partial charge is 0.477 e. The lowest BCUT2D eigenvalue weighted by atomic mass is 10.0. The Kier molecular flexibility index (Phi) is 8.54. The van der Waals surface area contributed by atoms with E-state index in [0.29, 0.717) is 28.2 Å². The van der Waals surface area contributed by atoms with Crippen LogP contribution in [0.3, 0.4) is 0 Å². The summed E-state index contributed by atoms with van der Waals surface area (Å²) in [5.74, 6) is -1.76. The number of carbonyl (C=O) groups is 1. The van der Waals surface area contributed by atoms with Crippen LogP contribution in [0.2, 0.25) is 0 Å². The summed E-state index contributed by atoms with van der Waals surface area (Å²) in [6, 6.07) is 44.7. The summed E-state index contributed by atoms with van der Waals surface area (Å²) >= 11 is 2.95. The van der Waals surface area contributed by atoms with Gasteiger partial charge in [0.05, 0.1) is 26.8 Å². The number of carboxylic acids is 1. The highest BCUT2D eigenvalue weighted by Crippen LogP contribution is 2.42. The number of para-hydroxylation sites is 2. The first-order valence-corrected chi connectivity index (χ1v) is 16.8. The van der Waals surface area contributed by atoms with E-state index in [1.807, 2.05) is 112 Å². The first kappa shape index (κ1) is 30.6. The van der Waals surface area contributed by atoms with Gasteiger partial charge in [0.1, 0.15) is 17.5 Å². The molecule has 0 spiro atoms. The van der Waals surface area contributed by atoms with Gasteiger partial charge in [-0.2, -0.15) is 5.26 Å². The number of aromatic nitrogens is 1. The SMILES string of the molecule is N#C/C(=C\c1cc(-c2cccs2)n(-c2ccc(-c3ccc(N(c4ccccc4)c4ccccc4)cc3)cc2F)c1-c1cccs1)C(=O)O. The minimum absolute atomic E-state index is 0.315. The summed E-state index contributed by atoms with van der Waals surface area (Å²) in [6.07, 6.45) is 1.35. The van der Waals surface area contributed by atoms with Crippen molar-refractivity contribution in [3.05, 3.63) is 161 Å². The molecule has 0 aliphatic carbocycles. The molecule has 8 heteroatoms. The van der Waals surface area contributed by atoms with Crippen LogP contribution in [-0.2, 0) is 4.79 Å². The van der Waals surface area contributed by atoms with Gasteiger partial charge in [0.15, 0.2) is 0 Å².